The molecule has 1 heterocycles. The molecular weight excluding hydrogens is 242 g/mol. The molecule has 1 fully saturated rings. The molecule has 1 N–H and O–H groups in total. The normalized spacial score (nSPS) is 18.0. The van der Waals surface area contributed by atoms with E-state index in [0.29, 0.717) is 13.2 Å². The second-order valence-electron chi connectivity index (χ2n) is 5.12. The summed E-state index contributed by atoms with van der Waals surface area (Å²) in [5.41, 5.74) is 0. The molecular formula is C14H31N3O2. The number of nitrogens with zero attached hydrogens (tertiary/aromatic N) is 2. The molecule has 0 radical (unpaired) electrons. The zero-order valence-electron chi connectivity index (χ0n) is 12.7. The van der Waals surface area contributed by atoms with Crippen molar-refractivity contribution < 1.29 is 9.47 Å². The molecule has 0 aliphatic carbocycles. The average Bonchev–Trinajstić information content (AvgIpc) is 2.43. The number of hydrogen-bond donors (Lipinski definition) is 1. The fourth-order valence-electron chi connectivity index (χ4n) is 2.03. The molecule has 19 heavy (non-hydrogen) atoms. The van der Waals surface area contributed by atoms with Crippen LogP contribution in [0.4, 0.5) is 0 Å². The Labute approximate surface area is 118 Å². The third kappa shape index (κ3) is 9.35. The number of nitrogens with one attached hydrogen (secondary N) is 1. The van der Waals surface area contributed by atoms with E-state index in [1.807, 2.05) is 0 Å². The molecule has 5 nitrogen and oxygen atoms in total. The Morgan fingerprint density at radius 3 is 2.26 bits per heavy atom. The van der Waals surface area contributed by atoms with E-state index in [-0.39, 0.29) is 0 Å². The van der Waals surface area contributed by atoms with Gasteiger partial charge in [-0.2, -0.15) is 0 Å². The number of hydrogen-bond acceptors (Lipinski definition) is 5. The predicted octanol–water partition coefficient (Wildman–Crippen LogP) is 0.267. The van der Waals surface area contributed by atoms with Crippen LogP contribution in [-0.4, -0.2) is 89.1 Å². The van der Waals surface area contributed by atoms with Gasteiger partial charge in [0.2, 0.25) is 0 Å². The lowest BCUT2D eigenvalue weighted by Crippen LogP contribution is -2.45. The minimum absolute atomic E-state index is 0.705. The van der Waals surface area contributed by atoms with E-state index in [0.717, 1.165) is 32.8 Å². The van der Waals surface area contributed by atoms with Crippen LogP contribution in [0, 0.1) is 0 Å². The van der Waals surface area contributed by atoms with Gasteiger partial charge in [-0.25, -0.2) is 0 Å². The number of ether oxygens (including phenoxy) is 2. The third-order valence-electron chi connectivity index (χ3n) is 3.37. The van der Waals surface area contributed by atoms with Gasteiger partial charge in [0.1, 0.15) is 0 Å². The van der Waals surface area contributed by atoms with Crippen molar-refractivity contribution in [2.75, 3.05) is 79.3 Å². The standard InChI is InChI=1S/C14H31N3O2/c1-3-4-15-5-11-18-13-14-19-12-10-17-8-6-16(2)7-9-17/h15H,3-14H2,1-2H3. The maximum atomic E-state index is 5.59. The molecule has 114 valence electrons. The lowest BCUT2D eigenvalue weighted by atomic mass is 10.3. The van der Waals surface area contributed by atoms with Crippen molar-refractivity contribution in [1.82, 2.24) is 15.1 Å². The molecule has 0 saturated carbocycles. The Morgan fingerprint density at radius 1 is 0.895 bits per heavy atom. The van der Waals surface area contributed by atoms with Gasteiger partial charge in [0.25, 0.3) is 0 Å². The predicted molar refractivity (Wildman–Crippen MR) is 78.7 cm³/mol. The van der Waals surface area contributed by atoms with Crippen molar-refractivity contribution in [3.63, 3.8) is 0 Å². The maximum Gasteiger partial charge on any atom is 0.0701 e. The van der Waals surface area contributed by atoms with Crippen LogP contribution >= 0.6 is 0 Å². The Balaban J connectivity index is 1.76. The van der Waals surface area contributed by atoms with Gasteiger partial charge in [-0.3, -0.25) is 4.90 Å². The van der Waals surface area contributed by atoms with Gasteiger partial charge in [0, 0.05) is 39.3 Å². The van der Waals surface area contributed by atoms with E-state index in [4.69, 9.17) is 9.47 Å². The zero-order chi connectivity index (χ0) is 13.8. The summed E-state index contributed by atoms with van der Waals surface area (Å²) < 4.78 is 11.1. The van der Waals surface area contributed by atoms with Gasteiger partial charge in [-0.05, 0) is 20.0 Å². The van der Waals surface area contributed by atoms with Gasteiger partial charge in [0.05, 0.1) is 26.4 Å². The molecule has 0 bridgehead atoms. The van der Waals surface area contributed by atoms with Crippen molar-refractivity contribution in [2.45, 2.75) is 13.3 Å². The number of rotatable bonds is 11. The fraction of sp³-hybridized carbons (Fsp3) is 1.00. The second kappa shape index (κ2) is 11.6. The van der Waals surface area contributed by atoms with Crippen LogP contribution in [0.25, 0.3) is 0 Å². The van der Waals surface area contributed by atoms with E-state index in [9.17, 15) is 0 Å². The van der Waals surface area contributed by atoms with Crippen LogP contribution in [-0.2, 0) is 9.47 Å². The summed E-state index contributed by atoms with van der Waals surface area (Å²) in [5.74, 6) is 0. The van der Waals surface area contributed by atoms with Gasteiger partial charge in [-0.1, -0.05) is 6.92 Å². The van der Waals surface area contributed by atoms with E-state index in [1.54, 1.807) is 0 Å². The first kappa shape index (κ1) is 16.9. The summed E-state index contributed by atoms with van der Waals surface area (Å²) in [5, 5.41) is 3.31. The van der Waals surface area contributed by atoms with E-state index < -0.39 is 0 Å². The minimum atomic E-state index is 0.705. The Morgan fingerprint density at radius 2 is 1.58 bits per heavy atom. The van der Waals surface area contributed by atoms with Crippen molar-refractivity contribution in [3.05, 3.63) is 0 Å². The average molecular weight is 273 g/mol. The summed E-state index contributed by atoms with van der Waals surface area (Å²) in [7, 11) is 2.18. The van der Waals surface area contributed by atoms with Crippen LogP contribution in [0.5, 0.6) is 0 Å². The van der Waals surface area contributed by atoms with Crippen molar-refractivity contribution in [3.8, 4) is 0 Å². The summed E-state index contributed by atoms with van der Waals surface area (Å²) in [6.45, 7) is 12.9. The summed E-state index contributed by atoms with van der Waals surface area (Å²) in [6, 6.07) is 0. The van der Waals surface area contributed by atoms with Crippen LogP contribution in [0.2, 0.25) is 0 Å². The first-order valence-corrected chi connectivity index (χ1v) is 7.60. The first-order chi connectivity index (χ1) is 9.33. The van der Waals surface area contributed by atoms with Crippen molar-refractivity contribution in [1.29, 1.82) is 0 Å². The molecule has 0 aromatic heterocycles. The maximum absolute atomic E-state index is 5.59. The highest BCUT2D eigenvalue weighted by atomic mass is 16.5. The van der Waals surface area contributed by atoms with Gasteiger partial charge >= 0.3 is 0 Å². The molecule has 0 unspecified atom stereocenters. The molecule has 1 rings (SSSR count). The molecule has 0 atom stereocenters. The molecule has 0 spiro atoms. The van der Waals surface area contributed by atoms with Gasteiger partial charge in [0.15, 0.2) is 0 Å². The molecule has 0 aromatic rings. The lowest BCUT2D eigenvalue weighted by Gasteiger charge is -2.32. The van der Waals surface area contributed by atoms with Crippen molar-refractivity contribution >= 4 is 0 Å². The van der Waals surface area contributed by atoms with Gasteiger partial charge < -0.3 is 19.7 Å². The number of likely N-dealkylation sites (N-methyl/N-ethyl adjacent to an activating group) is 1. The lowest BCUT2D eigenvalue weighted by molar-refractivity contribution is 0.0341. The van der Waals surface area contributed by atoms with E-state index >= 15 is 0 Å². The topological polar surface area (TPSA) is 37.0 Å². The Bertz CT molecular complexity index is 197. The zero-order valence-corrected chi connectivity index (χ0v) is 12.7. The minimum Gasteiger partial charge on any atom is -0.378 e. The quantitative estimate of drug-likeness (QED) is 0.547. The second-order valence-corrected chi connectivity index (χ2v) is 5.12. The molecule has 0 amide bonds. The smallest absolute Gasteiger partial charge is 0.0701 e. The summed E-state index contributed by atoms with van der Waals surface area (Å²) in [4.78, 5) is 4.84. The highest BCUT2D eigenvalue weighted by Crippen LogP contribution is 1.98. The van der Waals surface area contributed by atoms with Crippen molar-refractivity contribution in [2.24, 2.45) is 0 Å². The summed E-state index contributed by atoms with van der Waals surface area (Å²) in [6.07, 6.45) is 1.18. The molecule has 5 heteroatoms. The van der Waals surface area contributed by atoms with E-state index in [2.05, 4.69) is 29.1 Å². The number of piperazine rings is 1. The largest absolute Gasteiger partial charge is 0.378 e. The third-order valence-corrected chi connectivity index (χ3v) is 3.37. The summed E-state index contributed by atoms with van der Waals surface area (Å²) >= 11 is 0. The van der Waals surface area contributed by atoms with Crippen LogP contribution in [0.15, 0.2) is 0 Å². The Kier molecular flexibility index (Phi) is 10.3. The monoisotopic (exact) mass is 273 g/mol. The molecule has 0 aromatic carbocycles. The van der Waals surface area contributed by atoms with Crippen LogP contribution in [0.3, 0.4) is 0 Å². The fourth-order valence-corrected chi connectivity index (χ4v) is 2.03. The Hall–Kier alpha value is -0.200. The molecule has 1 aliphatic heterocycles. The highest BCUT2D eigenvalue weighted by molar-refractivity contribution is 4.68. The highest BCUT2D eigenvalue weighted by Gasteiger charge is 2.12. The SMILES string of the molecule is CCCNCCOCCOCCN1CCN(C)CC1. The molecule has 1 saturated heterocycles. The van der Waals surface area contributed by atoms with Gasteiger partial charge in [-0.15, -0.1) is 0 Å². The van der Waals surface area contributed by atoms with Crippen LogP contribution < -0.4 is 5.32 Å². The van der Waals surface area contributed by atoms with Crippen LogP contribution in [0.1, 0.15) is 13.3 Å². The first-order valence-electron chi connectivity index (χ1n) is 7.60. The molecule has 1 aliphatic rings. The van der Waals surface area contributed by atoms with E-state index in [1.165, 1.54) is 32.6 Å².